The minimum absolute atomic E-state index is 0.0552. The largest absolute Gasteiger partial charge is 0.481 e. The molecule has 0 aromatic carbocycles. The number of nitrogens with zero attached hydrogens (tertiary/aromatic N) is 1. The number of hydrogen-bond donors (Lipinski definition) is 1. The van der Waals surface area contributed by atoms with Gasteiger partial charge in [-0.05, 0) is 30.9 Å². The van der Waals surface area contributed by atoms with Gasteiger partial charge in [0.15, 0.2) is 0 Å². The van der Waals surface area contributed by atoms with Gasteiger partial charge in [-0.15, -0.1) is 11.3 Å². The summed E-state index contributed by atoms with van der Waals surface area (Å²) >= 11 is 1.53. The van der Waals surface area contributed by atoms with Crippen LogP contribution in [0.25, 0.3) is 0 Å². The van der Waals surface area contributed by atoms with Crippen molar-refractivity contribution in [3.8, 4) is 0 Å². The van der Waals surface area contributed by atoms with Crippen molar-refractivity contribution in [3.05, 3.63) is 21.4 Å². The minimum atomic E-state index is -0.733. The third kappa shape index (κ3) is 2.58. The van der Waals surface area contributed by atoms with Crippen LogP contribution in [0.2, 0.25) is 0 Å². The van der Waals surface area contributed by atoms with E-state index in [9.17, 15) is 9.59 Å². The summed E-state index contributed by atoms with van der Waals surface area (Å²) in [7, 11) is 0. The first-order valence-corrected chi connectivity index (χ1v) is 7.68. The molecule has 1 aromatic heterocycles. The van der Waals surface area contributed by atoms with Gasteiger partial charge in [-0.2, -0.15) is 0 Å². The number of morpholine rings is 1. The average molecular weight is 295 g/mol. The zero-order valence-corrected chi connectivity index (χ0v) is 11.9. The molecule has 1 atom stereocenters. The van der Waals surface area contributed by atoms with Crippen molar-refractivity contribution in [1.29, 1.82) is 0 Å². The highest BCUT2D eigenvalue weighted by Gasteiger charge is 2.28. The van der Waals surface area contributed by atoms with Crippen LogP contribution in [0.3, 0.4) is 0 Å². The third-order valence-electron chi connectivity index (χ3n) is 3.94. The van der Waals surface area contributed by atoms with Crippen LogP contribution in [-0.2, 0) is 22.4 Å². The number of fused-ring (bicyclic) bond motifs is 1. The lowest BCUT2D eigenvalue weighted by molar-refractivity contribution is -0.142. The quantitative estimate of drug-likeness (QED) is 0.896. The van der Waals surface area contributed by atoms with Gasteiger partial charge >= 0.3 is 5.97 Å². The summed E-state index contributed by atoms with van der Waals surface area (Å²) in [6.07, 6.45) is 2.00. The van der Waals surface area contributed by atoms with Gasteiger partial charge in [0.05, 0.1) is 24.0 Å². The summed E-state index contributed by atoms with van der Waals surface area (Å²) in [5.74, 6) is -0.981. The molecule has 1 fully saturated rings. The Labute approximate surface area is 121 Å². The van der Waals surface area contributed by atoms with Crippen LogP contribution < -0.4 is 0 Å². The van der Waals surface area contributed by atoms with Crippen LogP contribution in [0.1, 0.15) is 26.5 Å². The summed E-state index contributed by atoms with van der Waals surface area (Å²) in [5, 5.41) is 9.10. The normalized spacial score (nSPS) is 22.4. The molecule has 108 valence electrons. The number of amides is 1. The molecule has 0 spiro atoms. The second-order valence-corrected chi connectivity index (χ2v) is 6.38. The van der Waals surface area contributed by atoms with E-state index in [1.165, 1.54) is 16.2 Å². The van der Waals surface area contributed by atoms with Gasteiger partial charge < -0.3 is 14.7 Å². The summed E-state index contributed by atoms with van der Waals surface area (Å²) < 4.78 is 5.25. The Morgan fingerprint density at radius 1 is 1.35 bits per heavy atom. The Bertz CT molecular complexity index is 533. The first-order valence-electron chi connectivity index (χ1n) is 6.86. The average Bonchev–Trinajstić information content (AvgIpc) is 2.90. The molecule has 3 rings (SSSR count). The molecule has 1 aliphatic heterocycles. The Hall–Kier alpha value is -1.40. The molecule has 2 heterocycles. The predicted octanol–water partition coefficient (Wildman–Crippen LogP) is 1.41. The van der Waals surface area contributed by atoms with Gasteiger partial charge in [-0.1, -0.05) is 0 Å². The summed E-state index contributed by atoms with van der Waals surface area (Å²) in [4.78, 5) is 27.2. The molecule has 0 bridgehead atoms. The smallest absolute Gasteiger partial charge is 0.306 e. The maximum atomic E-state index is 12.4. The van der Waals surface area contributed by atoms with Crippen molar-refractivity contribution in [3.63, 3.8) is 0 Å². The van der Waals surface area contributed by atoms with Crippen LogP contribution in [0.15, 0.2) is 6.07 Å². The first kappa shape index (κ1) is 13.6. The third-order valence-corrected chi connectivity index (χ3v) is 5.17. The van der Waals surface area contributed by atoms with Gasteiger partial charge in [-0.25, -0.2) is 0 Å². The summed E-state index contributed by atoms with van der Waals surface area (Å²) in [6, 6.07) is 1.90. The van der Waals surface area contributed by atoms with E-state index in [1.54, 1.807) is 0 Å². The highest BCUT2D eigenvalue weighted by atomic mass is 32.1. The number of hydrogen-bond acceptors (Lipinski definition) is 4. The fraction of sp³-hybridized carbons (Fsp3) is 0.571. The molecule has 1 aromatic rings. The van der Waals surface area contributed by atoms with E-state index in [1.807, 2.05) is 11.0 Å². The van der Waals surface area contributed by atoms with Crippen molar-refractivity contribution in [2.45, 2.75) is 19.3 Å². The van der Waals surface area contributed by atoms with Crippen molar-refractivity contribution < 1.29 is 19.4 Å². The Kier molecular flexibility index (Phi) is 3.76. The maximum Gasteiger partial charge on any atom is 0.306 e. The molecule has 5 nitrogen and oxygen atoms in total. The lowest BCUT2D eigenvalue weighted by atomic mass is 9.88. The van der Waals surface area contributed by atoms with E-state index < -0.39 is 5.97 Å². The second-order valence-electron chi connectivity index (χ2n) is 5.24. The number of rotatable bonds is 2. The fourth-order valence-electron chi connectivity index (χ4n) is 2.76. The van der Waals surface area contributed by atoms with Crippen LogP contribution in [0.4, 0.5) is 0 Å². The summed E-state index contributed by atoms with van der Waals surface area (Å²) in [5.41, 5.74) is 1.05. The molecular weight excluding hydrogens is 278 g/mol. The highest BCUT2D eigenvalue weighted by Crippen LogP contribution is 2.33. The van der Waals surface area contributed by atoms with Crippen molar-refractivity contribution in [2.75, 3.05) is 26.3 Å². The second kappa shape index (κ2) is 5.54. The number of carbonyl (C=O) groups excluding carboxylic acids is 1. The van der Waals surface area contributed by atoms with Gasteiger partial charge in [0.1, 0.15) is 0 Å². The van der Waals surface area contributed by atoms with Gasteiger partial charge in [0.2, 0.25) is 0 Å². The maximum absolute atomic E-state index is 12.4. The molecule has 1 saturated heterocycles. The van der Waals surface area contributed by atoms with Gasteiger partial charge in [0.25, 0.3) is 5.91 Å². The van der Waals surface area contributed by atoms with Crippen molar-refractivity contribution in [2.24, 2.45) is 5.92 Å². The van der Waals surface area contributed by atoms with Crippen molar-refractivity contribution >= 4 is 23.2 Å². The standard InChI is InChI=1S/C14H17NO4S/c16-13(15-3-5-19-6-4-15)12-8-10-7-9(14(17)18)1-2-11(10)20-12/h8-9H,1-7H2,(H,17,18)/t9-/m1/s1. The molecule has 0 unspecified atom stereocenters. The SMILES string of the molecule is O=C(O)[C@@H]1CCc2sc(C(=O)N3CCOCC3)cc2C1. The number of carboxylic acid groups (broad SMARTS) is 1. The number of thiophene rings is 1. The highest BCUT2D eigenvalue weighted by molar-refractivity contribution is 7.14. The number of carboxylic acids is 1. The summed E-state index contributed by atoms with van der Waals surface area (Å²) in [6.45, 7) is 2.47. The molecule has 1 N–H and O–H groups in total. The molecule has 0 radical (unpaired) electrons. The number of ether oxygens (including phenoxy) is 1. The zero-order valence-electron chi connectivity index (χ0n) is 11.1. The number of carbonyl (C=O) groups is 2. The molecule has 1 aliphatic carbocycles. The lowest BCUT2D eigenvalue weighted by Crippen LogP contribution is -2.40. The first-order chi connectivity index (χ1) is 9.65. The van der Waals surface area contributed by atoms with E-state index in [4.69, 9.17) is 9.84 Å². The van der Waals surface area contributed by atoms with E-state index >= 15 is 0 Å². The van der Waals surface area contributed by atoms with E-state index in [2.05, 4.69) is 0 Å². The topological polar surface area (TPSA) is 66.8 Å². The molecule has 6 heteroatoms. The Morgan fingerprint density at radius 3 is 2.80 bits per heavy atom. The van der Waals surface area contributed by atoms with Crippen LogP contribution >= 0.6 is 11.3 Å². The molecule has 20 heavy (non-hydrogen) atoms. The van der Waals surface area contributed by atoms with Crippen LogP contribution in [-0.4, -0.2) is 48.2 Å². The van der Waals surface area contributed by atoms with Crippen LogP contribution in [0, 0.1) is 5.92 Å². The number of aliphatic carboxylic acids is 1. The Morgan fingerprint density at radius 2 is 2.10 bits per heavy atom. The van der Waals surface area contributed by atoms with E-state index in [-0.39, 0.29) is 11.8 Å². The fourth-order valence-corrected chi connectivity index (χ4v) is 3.94. The lowest BCUT2D eigenvalue weighted by Gasteiger charge is -2.26. The Balaban J connectivity index is 1.76. The van der Waals surface area contributed by atoms with Gasteiger partial charge in [-0.3, -0.25) is 9.59 Å². The minimum Gasteiger partial charge on any atom is -0.481 e. The molecule has 1 amide bonds. The van der Waals surface area contributed by atoms with Crippen LogP contribution in [0.5, 0.6) is 0 Å². The zero-order chi connectivity index (χ0) is 14.1. The van der Waals surface area contributed by atoms with Crippen molar-refractivity contribution in [1.82, 2.24) is 4.90 Å². The van der Waals surface area contributed by atoms with Gasteiger partial charge in [0, 0.05) is 18.0 Å². The monoisotopic (exact) mass is 295 g/mol. The van der Waals surface area contributed by atoms with E-state index in [0.717, 1.165) is 16.9 Å². The predicted molar refractivity (Wildman–Crippen MR) is 74.2 cm³/mol. The molecule has 2 aliphatic rings. The number of aryl methyl sites for hydroxylation is 1. The molecule has 0 saturated carbocycles. The van der Waals surface area contributed by atoms with E-state index in [0.29, 0.717) is 39.1 Å². The molecular formula is C14H17NO4S.